The number of anilines is 1. The molecule has 0 saturated carbocycles. The summed E-state index contributed by atoms with van der Waals surface area (Å²) in [5, 5.41) is 5.52. The molecule has 188 valence electrons. The summed E-state index contributed by atoms with van der Waals surface area (Å²) in [6.45, 7) is 16.5. The molecule has 0 radical (unpaired) electrons. The van der Waals surface area contributed by atoms with Crippen LogP contribution >= 0.6 is 0 Å². The molecule has 2 aromatic carbocycles. The molecule has 0 aromatic heterocycles. The minimum absolute atomic E-state index is 0.118. The summed E-state index contributed by atoms with van der Waals surface area (Å²) >= 11 is 0. The van der Waals surface area contributed by atoms with Gasteiger partial charge in [0.25, 0.3) is 5.91 Å². The fourth-order valence-corrected chi connectivity index (χ4v) is 3.90. The Labute approximate surface area is 208 Å². The summed E-state index contributed by atoms with van der Waals surface area (Å²) in [6.07, 6.45) is 0.861. The van der Waals surface area contributed by atoms with E-state index in [2.05, 4.69) is 17.2 Å². The van der Waals surface area contributed by atoms with Gasteiger partial charge in [-0.2, -0.15) is 0 Å². The highest BCUT2D eigenvalue weighted by Gasteiger charge is 2.32. The van der Waals surface area contributed by atoms with Gasteiger partial charge in [0.15, 0.2) is 0 Å². The Morgan fingerprint density at radius 1 is 1.03 bits per heavy atom. The van der Waals surface area contributed by atoms with Gasteiger partial charge >= 0.3 is 6.09 Å². The Morgan fingerprint density at radius 3 is 2.11 bits per heavy atom. The molecule has 0 heterocycles. The van der Waals surface area contributed by atoms with Crippen molar-refractivity contribution in [1.82, 2.24) is 10.2 Å². The Hall–Kier alpha value is -3.61. The molecule has 1 atom stereocenters. The van der Waals surface area contributed by atoms with Gasteiger partial charge in [-0.25, -0.2) is 4.79 Å². The number of hydrogen-bond acceptors (Lipinski definition) is 4. The second kappa shape index (κ2) is 11.7. The topological polar surface area (TPSA) is 87.7 Å². The highest BCUT2D eigenvalue weighted by Crippen LogP contribution is 2.27. The van der Waals surface area contributed by atoms with E-state index in [-0.39, 0.29) is 19.0 Å². The first-order valence-electron chi connectivity index (χ1n) is 11.6. The van der Waals surface area contributed by atoms with Crippen LogP contribution in [0.4, 0.5) is 10.5 Å². The Kier molecular flexibility index (Phi) is 9.23. The first-order valence-corrected chi connectivity index (χ1v) is 11.6. The molecule has 7 nitrogen and oxygen atoms in total. The van der Waals surface area contributed by atoms with Crippen molar-refractivity contribution in [3.8, 4) is 0 Å². The van der Waals surface area contributed by atoms with Crippen molar-refractivity contribution < 1.29 is 19.1 Å². The molecule has 0 spiro atoms. The van der Waals surface area contributed by atoms with Gasteiger partial charge in [-0.1, -0.05) is 53.6 Å². The molecule has 0 aliphatic rings. The molecular weight excluding hydrogens is 442 g/mol. The molecule has 2 aromatic rings. The molecule has 0 aliphatic carbocycles. The molecule has 7 heteroatoms. The van der Waals surface area contributed by atoms with E-state index in [0.29, 0.717) is 11.3 Å². The van der Waals surface area contributed by atoms with Crippen molar-refractivity contribution in [2.75, 3.05) is 18.4 Å². The average Bonchev–Trinajstić information content (AvgIpc) is 2.72. The Bertz CT molecular complexity index is 1060. The van der Waals surface area contributed by atoms with Crippen molar-refractivity contribution in [3.05, 3.63) is 76.9 Å². The minimum Gasteiger partial charge on any atom is -0.444 e. The third kappa shape index (κ3) is 7.98. The minimum atomic E-state index is -0.932. The fraction of sp³-hybridized carbons (Fsp3) is 0.393. The Balaban J connectivity index is 2.43. The van der Waals surface area contributed by atoms with Gasteiger partial charge in [0.05, 0.1) is 0 Å². The van der Waals surface area contributed by atoms with E-state index in [9.17, 15) is 14.4 Å². The fourth-order valence-electron chi connectivity index (χ4n) is 3.90. The molecular formula is C28H37N3O4. The molecule has 0 saturated heterocycles. The predicted molar refractivity (Wildman–Crippen MR) is 139 cm³/mol. The van der Waals surface area contributed by atoms with Crippen molar-refractivity contribution in [2.45, 2.75) is 60.1 Å². The standard InChI is InChI=1S/C28H37N3O4/c1-9-13-31(23(32)17-29-27(34)35-28(6,7)8)25(22-15-18(2)14-19(3)16-22)26(33)30-24-20(4)11-10-12-21(24)5/h9-12,14-16,25H,1,13,17H2,2-8H3,(H,29,34)(H,30,33). The number of alkyl carbamates (subject to hydrolysis) is 1. The number of carbonyl (C=O) groups excluding carboxylic acids is 3. The number of amides is 3. The summed E-state index contributed by atoms with van der Waals surface area (Å²) in [5.74, 6) is -0.781. The predicted octanol–water partition coefficient (Wildman–Crippen LogP) is 5.14. The highest BCUT2D eigenvalue weighted by molar-refractivity contribution is 5.99. The average molecular weight is 480 g/mol. The molecule has 1 unspecified atom stereocenters. The van der Waals surface area contributed by atoms with Crippen LogP contribution in [0.1, 0.15) is 54.6 Å². The summed E-state index contributed by atoms with van der Waals surface area (Å²) < 4.78 is 5.24. The van der Waals surface area contributed by atoms with E-state index in [1.807, 2.05) is 64.1 Å². The van der Waals surface area contributed by atoms with Crippen molar-refractivity contribution in [3.63, 3.8) is 0 Å². The van der Waals surface area contributed by atoms with Crippen LogP contribution in [-0.4, -0.2) is 41.5 Å². The molecule has 0 aliphatic heterocycles. The van der Waals surface area contributed by atoms with E-state index in [0.717, 1.165) is 22.3 Å². The van der Waals surface area contributed by atoms with Crippen LogP contribution in [0, 0.1) is 27.7 Å². The lowest BCUT2D eigenvalue weighted by atomic mass is 9.98. The molecule has 3 amide bonds. The molecule has 2 N–H and O–H groups in total. The first-order chi connectivity index (χ1) is 16.3. The van der Waals surface area contributed by atoms with Crippen LogP contribution in [-0.2, 0) is 14.3 Å². The Morgan fingerprint density at radius 2 is 1.60 bits per heavy atom. The quantitative estimate of drug-likeness (QED) is 0.513. The van der Waals surface area contributed by atoms with Crippen LogP contribution < -0.4 is 10.6 Å². The zero-order valence-electron chi connectivity index (χ0n) is 21.8. The number of para-hydroxylation sites is 1. The number of aryl methyl sites for hydroxylation is 4. The van der Waals surface area contributed by atoms with Crippen LogP contribution in [0.3, 0.4) is 0 Å². The molecule has 0 bridgehead atoms. The second-order valence-electron chi connectivity index (χ2n) is 9.77. The largest absolute Gasteiger partial charge is 0.444 e. The van der Waals surface area contributed by atoms with Gasteiger partial charge in [-0.15, -0.1) is 6.58 Å². The summed E-state index contributed by atoms with van der Waals surface area (Å²) in [6, 6.07) is 10.6. The molecule has 0 fully saturated rings. The lowest BCUT2D eigenvalue weighted by Crippen LogP contribution is -2.46. The van der Waals surface area contributed by atoms with E-state index < -0.39 is 23.6 Å². The van der Waals surface area contributed by atoms with Crippen LogP contribution in [0.25, 0.3) is 0 Å². The van der Waals surface area contributed by atoms with E-state index >= 15 is 0 Å². The number of rotatable bonds is 8. The number of nitrogens with zero attached hydrogens (tertiary/aromatic N) is 1. The summed E-state index contributed by atoms with van der Waals surface area (Å²) in [7, 11) is 0. The first kappa shape index (κ1) is 27.6. The maximum absolute atomic E-state index is 13.7. The van der Waals surface area contributed by atoms with Gasteiger partial charge in [0, 0.05) is 12.2 Å². The normalized spacial score (nSPS) is 11.9. The lowest BCUT2D eigenvalue weighted by Gasteiger charge is -2.31. The maximum atomic E-state index is 13.7. The zero-order valence-corrected chi connectivity index (χ0v) is 21.8. The van der Waals surface area contributed by atoms with E-state index in [1.165, 1.54) is 4.90 Å². The van der Waals surface area contributed by atoms with Gasteiger partial charge < -0.3 is 20.3 Å². The third-order valence-corrected chi connectivity index (χ3v) is 5.28. The van der Waals surface area contributed by atoms with E-state index in [1.54, 1.807) is 26.8 Å². The number of hydrogen-bond donors (Lipinski definition) is 2. The van der Waals surface area contributed by atoms with Crippen LogP contribution in [0.5, 0.6) is 0 Å². The van der Waals surface area contributed by atoms with Crippen molar-refractivity contribution >= 4 is 23.6 Å². The highest BCUT2D eigenvalue weighted by atomic mass is 16.6. The lowest BCUT2D eigenvalue weighted by molar-refractivity contribution is -0.137. The van der Waals surface area contributed by atoms with Gasteiger partial charge in [0.1, 0.15) is 18.2 Å². The van der Waals surface area contributed by atoms with Crippen LogP contribution in [0.15, 0.2) is 49.1 Å². The number of carbonyl (C=O) groups is 3. The zero-order chi connectivity index (χ0) is 26.3. The monoisotopic (exact) mass is 479 g/mol. The smallest absolute Gasteiger partial charge is 0.408 e. The maximum Gasteiger partial charge on any atom is 0.408 e. The second-order valence-corrected chi connectivity index (χ2v) is 9.77. The van der Waals surface area contributed by atoms with Crippen molar-refractivity contribution in [1.29, 1.82) is 0 Å². The number of nitrogens with one attached hydrogen (secondary N) is 2. The van der Waals surface area contributed by atoms with Crippen LogP contribution in [0.2, 0.25) is 0 Å². The molecule has 35 heavy (non-hydrogen) atoms. The summed E-state index contributed by atoms with van der Waals surface area (Å²) in [5.41, 5.74) is 4.49. The van der Waals surface area contributed by atoms with Gasteiger partial charge in [0.2, 0.25) is 5.91 Å². The van der Waals surface area contributed by atoms with Gasteiger partial charge in [-0.05, 0) is 65.2 Å². The van der Waals surface area contributed by atoms with Gasteiger partial charge in [-0.3, -0.25) is 9.59 Å². The third-order valence-electron chi connectivity index (χ3n) is 5.28. The number of ether oxygens (including phenoxy) is 1. The summed E-state index contributed by atoms with van der Waals surface area (Å²) in [4.78, 5) is 40.6. The SMILES string of the molecule is C=CCN(C(=O)CNC(=O)OC(C)(C)C)C(C(=O)Nc1c(C)cccc1C)c1cc(C)cc(C)c1. The van der Waals surface area contributed by atoms with E-state index in [4.69, 9.17) is 4.74 Å². The van der Waals surface area contributed by atoms with Crippen molar-refractivity contribution in [2.24, 2.45) is 0 Å². The molecule has 2 rings (SSSR count). The number of benzene rings is 2.